The predicted molar refractivity (Wildman–Crippen MR) is 108 cm³/mol. The average molecular weight is 417 g/mol. The predicted octanol–water partition coefficient (Wildman–Crippen LogP) is 1.73. The third-order valence-electron chi connectivity index (χ3n) is 4.61. The van der Waals surface area contributed by atoms with Crippen LogP contribution in [-0.2, 0) is 26.2 Å². The van der Waals surface area contributed by atoms with Gasteiger partial charge in [0.25, 0.3) is 0 Å². The second-order valence-electron chi connectivity index (χ2n) is 6.62. The summed E-state index contributed by atoms with van der Waals surface area (Å²) in [7, 11) is -1.96. The first-order valence-electron chi connectivity index (χ1n) is 9.22. The lowest BCUT2D eigenvalue weighted by Crippen LogP contribution is -2.35. The molecule has 29 heavy (non-hydrogen) atoms. The maximum Gasteiger partial charge on any atom is 0.313 e. The lowest BCUT2D eigenvalue weighted by molar-refractivity contribution is -0.136. The molecule has 1 saturated heterocycles. The Hall–Kier alpha value is -2.91. The second kappa shape index (κ2) is 9.06. The Morgan fingerprint density at radius 3 is 2.38 bits per heavy atom. The van der Waals surface area contributed by atoms with E-state index in [4.69, 9.17) is 4.74 Å². The van der Waals surface area contributed by atoms with Crippen molar-refractivity contribution >= 4 is 27.5 Å². The van der Waals surface area contributed by atoms with E-state index in [2.05, 4.69) is 10.6 Å². The molecule has 0 unspecified atom stereocenters. The molecule has 0 aliphatic carbocycles. The number of benzene rings is 2. The molecule has 0 atom stereocenters. The van der Waals surface area contributed by atoms with Gasteiger partial charge < -0.3 is 15.4 Å². The number of sulfonamides is 1. The molecule has 3 rings (SSSR count). The largest absolute Gasteiger partial charge is 0.497 e. The number of amides is 2. The highest BCUT2D eigenvalue weighted by atomic mass is 32.2. The van der Waals surface area contributed by atoms with Gasteiger partial charge in [-0.25, -0.2) is 8.42 Å². The van der Waals surface area contributed by atoms with E-state index in [1.54, 1.807) is 36.4 Å². The van der Waals surface area contributed by atoms with Gasteiger partial charge in [0, 0.05) is 31.4 Å². The molecule has 154 valence electrons. The van der Waals surface area contributed by atoms with E-state index in [0.717, 1.165) is 12.8 Å². The second-order valence-corrected chi connectivity index (χ2v) is 8.56. The molecule has 0 spiro atoms. The number of ether oxygens (including phenoxy) is 1. The number of nitrogens with zero attached hydrogens (tertiary/aromatic N) is 1. The van der Waals surface area contributed by atoms with Crippen LogP contribution in [0, 0.1) is 0 Å². The van der Waals surface area contributed by atoms with Gasteiger partial charge in [-0.3, -0.25) is 9.59 Å². The van der Waals surface area contributed by atoms with Gasteiger partial charge in [-0.1, -0.05) is 18.2 Å². The van der Waals surface area contributed by atoms with Crippen LogP contribution in [0.15, 0.2) is 53.4 Å². The van der Waals surface area contributed by atoms with E-state index in [-0.39, 0.29) is 11.4 Å². The van der Waals surface area contributed by atoms with Gasteiger partial charge in [0.2, 0.25) is 10.0 Å². The Balaban J connectivity index is 1.55. The third kappa shape index (κ3) is 5.12. The molecule has 1 aliphatic rings. The van der Waals surface area contributed by atoms with Gasteiger partial charge in [0.1, 0.15) is 5.75 Å². The monoisotopic (exact) mass is 417 g/mol. The highest BCUT2D eigenvalue weighted by molar-refractivity contribution is 7.89. The quantitative estimate of drug-likeness (QED) is 0.697. The minimum absolute atomic E-state index is 0.106. The van der Waals surface area contributed by atoms with Crippen molar-refractivity contribution in [1.29, 1.82) is 0 Å². The first-order chi connectivity index (χ1) is 13.9. The van der Waals surface area contributed by atoms with Gasteiger partial charge in [-0.15, -0.1) is 0 Å². The smallest absolute Gasteiger partial charge is 0.313 e. The van der Waals surface area contributed by atoms with Crippen LogP contribution in [0.3, 0.4) is 0 Å². The maximum absolute atomic E-state index is 12.5. The number of hydrogen-bond acceptors (Lipinski definition) is 5. The zero-order valence-electron chi connectivity index (χ0n) is 16.1. The van der Waals surface area contributed by atoms with Crippen LogP contribution in [-0.4, -0.2) is 44.7 Å². The minimum Gasteiger partial charge on any atom is -0.497 e. The minimum atomic E-state index is -3.47. The lowest BCUT2D eigenvalue weighted by atomic mass is 10.2. The van der Waals surface area contributed by atoms with Gasteiger partial charge in [0.15, 0.2) is 0 Å². The van der Waals surface area contributed by atoms with Crippen molar-refractivity contribution < 1.29 is 22.7 Å². The normalized spacial score (nSPS) is 14.4. The van der Waals surface area contributed by atoms with Crippen LogP contribution in [0.1, 0.15) is 18.4 Å². The number of carbonyl (C=O) groups is 2. The molecule has 0 saturated carbocycles. The standard InChI is InChI=1S/C20H23N3O5S/c1-28-17-6-4-5-16(13-17)22-20(25)19(24)21-14-15-7-9-18(10-8-15)29(26,27)23-11-2-3-12-23/h4-10,13H,2-3,11-12,14H2,1H3,(H,21,24)(H,22,25). The van der Waals surface area contributed by atoms with Crippen molar-refractivity contribution in [3.8, 4) is 5.75 Å². The van der Waals surface area contributed by atoms with E-state index in [1.165, 1.54) is 23.5 Å². The summed E-state index contributed by atoms with van der Waals surface area (Å²) in [6.45, 7) is 1.19. The first-order valence-corrected chi connectivity index (χ1v) is 10.7. The Labute approximate surface area is 169 Å². The third-order valence-corrected chi connectivity index (χ3v) is 6.53. The van der Waals surface area contributed by atoms with Crippen molar-refractivity contribution in [1.82, 2.24) is 9.62 Å². The molecule has 1 heterocycles. The van der Waals surface area contributed by atoms with Crippen LogP contribution < -0.4 is 15.4 Å². The molecular weight excluding hydrogens is 394 g/mol. The summed E-state index contributed by atoms with van der Waals surface area (Å²) in [6.07, 6.45) is 1.75. The molecule has 1 fully saturated rings. The number of rotatable bonds is 6. The zero-order chi connectivity index (χ0) is 20.9. The molecule has 2 aromatic rings. The van der Waals surface area contributed by atoms with E-state index in [9.17, 15) is 18.0 Å². The van der Waals surface area contributed by atoms with Gasteiger partial charge in [0.05, 0.1) is 12.0 Å². The zero-order valence-corrected chi connectivity index (χ0v) is 16.9. The Kier molecular flexibility index (Phi) is 6.50. The summed E-state index contributed by atoms with van der Waals surface area (Å²) < 4.78 is 31.6. The molecule has 2 N–H and O–H groups in total. The van der Waals surface area contributed by atoms with Crippen molar-refractivity contribution in [3.63, 3.8) is 0 Å². The summed E-state index contributed by atoms with van der Waals surface area (Å²) in [6, 6.07) is 13.0. The number of anilines is 1. The number of methoxy groups -OCH3 is 1. The van der Waals surface area contributed by atoms with Crippen LogP contribution in [0.25, 0.3) is 0 Å². The fraction of sp³-hybridized carbons (Fsp3) is 0.300. The Bertz CT molecular complexity index is 983. The van der Waals surface area contributed by atoms with Crippen molar-refractivity contribution in [3.05, 3.63) is 54.1 Å². The summed E-state index contributed by atoms with van der Waals surface area (Å²) in [5.74, 6) is -1.03. The molecule has 2 amide bonds. The molecule has 9 heteroatoms. The first kappa shape index (κ1) is 20.8. The summed E-state index contributed by atoms with van der Waals surface area (Å²) in [4.78, 5) is 24.3. The van der Waals surface area contributed by atoms with E-state index < -0.39 is 21.8 Å². The highest BCUT2D eigenvalue weighted by Crippen LogP contribution is 2.21. The summed E-state index contributed by atoms with van der Waals surface area (Å²) >= 11 is 0. The van der Waals surface area contributed by atoms with Gasteiger partial charge >= 0.3 is 11.8 Å². The van der Waals surface area contributed by atoms with Gasteiger partial charge in [-0.05, 0) is 42.7 Å². The summed E-state index contributed by atoms with van der Waals surface area (Å²) in [5, 5.41) is 5.02. The average Bonchev–Trinajstić information content (AvgIpc) is 3.28. The van der Waals surface area contributed by atoms with Gasteiger partial charge in [-0.2, -0.15) is 4.31 Å². The van der Waals surface area contributed by atoms with Crippen molar-refractivity contribution in [2.45, 2.75) is 24.3 Å². The van der Waals surface area contributed by atoms with E-state index >= 15 is 0 Å². The van der Waals surface area contributed by atoms with Crippen LogP contribution in [0.5, 0.6) is 5.75 Å². The highest BCUT2D eigenvalue weighted by Gasteiger charge is 2.26. The van der Waals surface area contributed by atoms with E-state index in [0.29, 0.717) is 30.1 Å². The number of carbonyl (C=O) groups excluding carboxylic acids is 2. The summed E-state index contributed by atoms with van der Waals surface area (Å²) in [5.41, 5.74) is 1.13. The molecule has 1 aliphatic heterocycles. The molecule has 0 aromatic heterocycles. The van der Waals surface area contributed by atoms with Crippen molar-refractivity contribution in [2.75, 3.05) is 25.5 Å². The van der Waals surface area contributed by atoms with E-state index in [1.807, 2.05) is 0 Å². The molecule has 8 nitrogen and oxygen atoms in total. The van der Waals surface area contributed by atoms with Crippen LogP contribution in [0.2, 0.25) is 0 Å². The number of nitrogens with one attached hydrogen (secondary N) is 2. The Morgan fingerprint density at radius 1 is 1.03 bits per heavy atom. The Morgan fingerprint density at radius 2 is 1.72 bits per heavy atom. The molecular formula is C20H23N3O5S. The fourth-order valence-corrected chi connectivity index (χ4v) is 4.53. The number of hydrogen-bond donors (Lipinski definition) is 2. The van der Waals surface area contributed by atoms with Crippen LogP contribution >= 0.6 is 0 Å². The van der Waals surface area contributed by atoms with Crippen molar-refractivity contribution in [2.24, 2.45) is 0 Å². The molecule has 0 radical (unpaired) electrons. The molecule has 2 aromatic carbocycles. The van der Waals surface area contributed by atoms with Crippen LogP contribution in [0.4, 0.5) is 5.69 Å². The maximum atomic E-state index is 12.5. The fourth-order valence-electron chi connectivity index (χ4n) is 3.01. The molecule has 0 bridgehead atoms. The topological polar surface area (TPSA) is 105 Å². The lowest BCUT2D eigenvalue weighted by Gasteiger charge is -2.15. The SMILES string of the molecule is COc1cccc(NC(=O)C(=O)NCc2ccc(S(=O)(=O)N3CCCC3)cc2)c1.